The first kappa shape index (κ1) is 15.8. The van der Waals surface area contributed by atoms with E-state index in [2.05, 4.69) is 51.3 Å². The summed E-state index contributed by atoms with van der Waals surface area (Å²) in [5.41, 5.74) is 2.18. The Morgan fingerprint density at radius 2 is 2.00 bits per heavy atom. The molecule has 6 nitrogen and oxygen atoms in total. The van der Waals surface area contributed by atoms with Gasteiger partial charge in [-0.05, 0) is 25.1 Å². The summed E-state index contributed by atoms with van der Waals surface area (Å²) < 4.78 is 5.88. The smallest absolute Gasteiger partial charge is 0.274 e. The van der Waals surface area contributed by atoms with Gasteiger partial charge in [-0.2, -0.15) is 0 Å². The van der Waals surface area contributed by atoms with Gasteiger partial charge in [-0.3, -0.25) is 4.90 Å². The third-order valence-corrected chi connectivity index (χ3v) is 4.64. The number of H-pyrrole nitrogens is 1. The fraction of sp³-hybridized carbons (Fsp3) is 0.316. The van der Waals surface area contributed by atoms with Crippen molar-refractivity contribution in [3.8, 4) is 11.5 Å². The van der Waals surface area contributed by atoms with Crippen LogP contribution >= 0.6 is 0 Å². The van der Waals surface area contributed by atoms with Gasteiger partial charge in [0.05, 0.1) is 6.20 Å². The van der Waals surface area contributed by atoms with Crippen LogP contribution in [0, 0.1) is 6.92 Å². The van der Waals surface area contributed by atoms with Crippen LogP contribution in [0.3, 0.4) is 0 Å². The molecule has 25 heavy (non-hydrogen) atoms. The highest BCUT2D eigenvalue weighted by atomic mass is 16.4. The van der Waals surface area contributed by atoms with Crippen LogP contribution in [0.1, 0.15) is 11.5 Å². The molecule has 1 fully saturated rings. The van der Waals surface area contributed by atoms with E-state index in [-0.39, 0.29) is 0 Å². The van der Waals surface area contributed by atoms with E-state index in [0.717, 1.165) is 38.3 Å². The summed E-state index contributed by atoms with van der Waals surface area (Å²) in [7, 11) is 0. The number of nitrogens with one attached hydrogen (secondary N) is 2. The summed E-state index contributed by atoms with van der Waals surface area (Å²) >= 11 is 0. The summed E-state index contributed by atoms with van der Waals surface area (Å²) in [5, 5.41) is 8.45. The maximum absolute atomic E-state index is 5.88. The zero-order valence-corrected chi connectivity index (χ0v) is 14.4. The second-order valence-corrected chi connectivity index (χ2v) is 6.53. The quantitative estimate of drug-likeness (QED) is 0.764. The third kappa shape index (κ3) is 3.69. The first-order chi connectivity index (χ1) is 12.3. The predicted octanol–water partition coefficient (Wildman–Crippen LogP) is 0.764. The maximum Gasteiger partial charge on any atom is 0.274 e. The van der Waals surface area contributed by atoms with Gasteiger partial charge in [0.25, 0.3) is 11.7 Å². The lowest BCUT2D eigenvalue weighted by Crippen LogP contribution is -3.13. The van der Waals surface area contributed by atoms with E-state index in [9.17, 15) is 0 Å². The van der Waals surface area contributed by atoms with Gasteiger partial charge in [0.2, 0.25) is 5.89 Å². The molecule has 0 bridgehead atoms. The van der Waals surface area contributed by atoms with Crippen LogP contribution in [0.2, 0.25) is 0 Å². The monoisotopic (exact) mass is 337 g/mol. The van der Waals surface area contributed by atoms with Gasteiger partial charge in [-0.15, -0.1) is 10.2 Å². The molecule has 1 saturated heterocycles. The van der Waals surface area contributed by atoms with E-state index in [4.69, 9.17) is 4.42 Å². The average Bonchev–Trinajstić information content (AvgIpc) is 3.12. The zero-order chi connectivity index (χ0) is 17.1. The minimum absolute atomic E-state index is 0.607. The Bertz CT molecular complexity index is 825. The molecule has 0 atom stereocenters. The zero-order valence-electron chi connectivity index (χ0n) is 14.4. The van der Waals surface area contributed by atoms with Crippen LogP contribution in [0.5, 0.6) is 0 Å². The van der Waals surface area contributed by atoms with E-state index in [1.807, 2.05) is 24.4 Å². The molecule has 6 heteroatoms. The van der Waals surface area contributed by atoms with Crippen molar-refractivity contribution in [2.24, 2.45) is 0 Å². The highest BCUT2D eigenvalue weighted by Gasteiger charge is 2.27. The van der Waals surface area contributed by atoms with Crippen molar-refractivity contribution < 1.29 is 14.3 Å². The Balaban J connectivity index is 1.36. The molecule has 0 radical (unpaired) electrons. The number of anilines is 1. The van der Waals surface area contributed by atoms with Crippen molar-refractivity contribution >= 4 is 5.82 Å². The van der Waals surface area contributed by atoms with E-state index in [1.54, 1.807) is 0 Å². The Morgan fingerprint density at radius 1 is 1.12 bits per heavy atom. The van der Waals surface area contributed by atoms with Crippen LogP contribution in [-0.4, -0.2) is 36.4 Å². The maximum atomic E-state index is 5.88. The molecule has 0 saturated carbocycles. The molecule has 0 amide bonds. The number of quaternary nitrogens is 1. The lowest BCUT2D eigenvalue weighted by atomic mass is 10.1. The number of benzene rings is 1. The molecule has 128 valence electrons. The highest BCUT2D eigenvalue weighted by Crippen LogP contribution is 2.18. The van der Waals surface area contributed by atoms with E-state index in [1.165, 1.54) is 16.3 Å². The summed E-state index contributed by atoms with van der Waals surface area (Å²) in [6, 6.07) is 14.3. The largest absolute Gasteiger partial charge is 0.415 e. The van der Waals surface area contributed by atoms with Crippen molar-refractivity contribution in [1.82, 2.24) is 10.2 Å². The number of aromatic amines is 1. The van der Waals surface area contributed by atoms with Crippen molar-refractivity contribution in [2.45, 2.75) is 13.5 Å². The number of rotatable bonds is 4. The van der Waals surface area contributed by atoms with Crippen molar-refractivity contribution in [3.05, 3.63) is 60.1 Å². The van der Waals surface area contributed by atoms with Crippen LogP contribution < -0.4 is 14.8 Å². The van der Waals surface area contributed by atoms with Crippen molar-refractivity contribution in [1.29, 1.82) is 0 Å². The van der Waals surface area contributed by atoms with Crippen molar-refractivity contribution in [2.75, 3.05) is 31.1 Å². The number of piperazine rings is 1. The van der Waals surface area contributed by atoms with Crippen LogP contribution in [0.4, 0.5) is 5.82 Å². The summed E-state index contributed by atoms with van der Waals surface area (Å²) in [6.07, 6.45) is 1.97. The van der Waals surface area contributed by atoms with Gasteiger partial charge in [-0.1, -0.05) is 23.8 Å². The van der Waals surface area contributed by atoms with Crippen molar-refractivity contribution in [3.63, 3.8) is 0 Å². The standard InChI is InChI=1S/C19H21N5O/c1-15-5-4-6-16(13-15)19-22-21-18(25-19)14-23-9-11-24(12-10-23)17-7-2-3-8-20-17/h2-8,13H,9-12,14H2,1H3/p+2. The summed E-state index contributed by atoms with van der Waals surface area (Å²) in [6.45, 7) is 7.01. The Morgan fingerprint density at radius 3 is 2.76 bits per heavy atom. The molecule has 3 heterocycles. The van der Waals surface area contributed by atoms with E-state index < -0.39 is 0 Å². The molecule has 0 unspecified atom stereocenters. The molecule has 1 aliphatic rings. The van der Waals surface area contributed by atoms with Gasteiger partial charge in [0.15, 0.2) is 6.54 Å². The Hall–Kier alpha value is -2.73. The number of pyridine rings is 1. The highest BCUT2D eigenvalue weighted by molar-refractivity contribution is 5.53. The third-order valence-electron chi connectivity index (χ3n) is 4.64. The molecule has 1 aromatic carbocycles. The topological polar surface area (TPSA) is 60.7 Å². The van der Waals surface area contributed by atoms with Gasteiger partial charge < -0.3 is 9.32 Å². The molecule has 3 aromatic rings. The molecule has 0 spiro atoms. The fourth-order valence-corrected chi connectivity index (χ4v) is 3.25. The second-order valence-electron chi connectivity index (χ2n) is 6.53. The van der Waals surface area contributed by atoms with E-state index in [0.29, 0.717) is 11.8 Å². The minimum Gasteiger partial charge on any atom is -0.415 e. The molecular weight excluding hydrogens is 314 g/mol. The minimum atomic E-state index is 0.607. The molecule has 2 aromatic heterocycles. The first-order valence-corrected chi connectivity index (χ1v) is 8.72. The molecule has 2 N–H and O–H groups in total. The summed E-state index contributed by atoms with van der Waals surface area (Å²) in [5.74, 6) is 2.50. The predicted molar refractivity (Wildman–Crippen MR) is 94.1 cm³/mol. The average molecular weight is 337 g/mol. The lowest BCUT2D eigenvalue weighted by Gasteiger charge is -2.27. The van der Waals surface area contributed by atoms with Gasteiger partial charge >= 0.3 is 0 Å². The van der Waals surface area contributed by atoms with Crippen LogP contribution in [0.15, 0.2) is 53.1 Å². The number of aromatic nitrogens is 3. The normalized spacial score (nSPS) is 15.5. The van der Waals surface area contributed by atoms with Crippen LogP contribution in [-0.2, 0) is 6.54 Å². The number of nitrogens with zero attached hydrogens (tertiary/aromatic N) is 3. The Labute approximate surface area is 147 Å². The number of aryl methyl sites for hydroxylation is 1. The Kier molecular flexibility index (Phi) is 4.43. The van der Waals surface area contributed by atoms with E-state index >= 15 is 0 Å². The molecular formula is C19H23N5O+2. The fourth-order valence-electron chi connectivity index (χ4n) is 3.25. The molecule has 4 rings (SSSR count). The van der Waals surface area contributed by atoms with Gasteiger partial charge in [0, 0.05) is 11.6 Å². The second kappa shape index (κ2) is 7.03. The lowest BCUT2D eigenvalue weighted by molar-refractivity contribution is -0.915. The van der Waals surface area contributed by atoms with Crippen LogP contribution in [0.25, 0.3) is 11.5 Å². The summed E-state index contributed by atoms with van der Waals surface area (Å²) in [4.78, 5) is 7.17. The number of hydrogen-bond donors (Lipinski definition) is 1. The first-order valence-electron chi connectivity index (χ1n) is 8.72. The SMILES string of the molecule is Cc1cccc(-c2nnc(C[NH+]3CCN(c4cccc[nH+]4)CC3)o2)c1. The molecule has 1 aliphatic heterocycles. The number of hydrogen-bond acceptors (Lipinski definition) is 4. The van der Waals surface area contributed by atoms with Gasteiger partial charge in [-0.25, -0.2) is 4.98 Å². The van der Waals surface area contributed by atoms with Gasteiger partial charge in [0.1, 0.15) is 26.2 Å². The molecule has 0 aliphatic carbocycles.